The van der Waals surface area contributed by atoms with E-state index in [1.54, 1.807) is 0 Å². The third-order valence-corrected chi connectivity index (χ3v) is 2.61. The van der Waals surface area contributed by atoms with Crippen LogP contribution in [-0.2, 0) is 11.0 Å². The predicted molar refractivity (Wildman–Crippen MR) is 63.6 cm³/mol. The Balaban J connectivity index is 3.15. The van der Waals surface area contributed by atoms with Crippen LogP contribution in [-0.4, -0.2) is 33.5 Å². The molecule has 118 valence electrons. The van der Waals surface area contributed by atoms with Crippen LogP contribution in [0.15, 0.2) is 18.2 Å². The van der Waals surface area contributed by atoms with Gasteiger partial charge in [-0.15, -0.1) is 0 Å². The average Bonchev–Trinajstić information content (AvgIpc) is 2.37. The molecule has 1 rings (SSSR count). The summed E-state index contributed by atoms with van der Waals surface area (Å²) in [5.74, 6) is -1.12. The molecule has 2 atom stereocenters. The van der Waals surface area contributed by atoms with Crippen LogP contribution in [0.3, 0.4) is 0 Å². The molecular weight excluding hydrogens is 297 g/mol. The van der Waals surface area contributed by atoms with Gasteiger partial charge in [-0.25, -0.2) is 5.21 Å². The second-order valence-electron chi connectivity index (χ2n) is 4.45. The summed E-state index contributed by atoms with van der Waals surface area (Å²) in [6, 6.07) is 2.08. The van der Waals surface area contributed by atoms with Crippen LogP contribution in [0.4, 0.5) is 24.5 Å². The highest BCUT2D eigenvalue weighted by Gasteiger charge is 2.37. The number of carbonyl (C=O) groups is 1. The Labute approximate surface area is 116 Å². The molecule has 10 heteroatoms. The third-order valence-electron chi connectivity index (χ3n) is 2.61. The second kappa shape index (κ2) is 5.95. The van der Waals surface area contributed by atoms with Gasteiger partial charge in [-0.1, -0.05) is 0 Å². The van der Waals surface area contributed by atoms with Crippen LogP contribution in [0.1, 0.15) is 12.5 Å². The summed E-state index contributed by atoms with van der Waals surface area (Å²) in [5, 5.41) is 37.9. The first-order valence-corrected chi connectivity index (χ1v) is 5.58. The van der Waals surface area contributed by atoms with E-state index in [0.29, 0.717) is 12.1 Å². The minimum Gasteiger partial charge on any atom is -0.595 e. The lowest BCUT2D eigenvalue weighted by molar-refractivity contribution is -0.991. The van der Waals surface area contributed by atoms with Gasteiger partial charge in [0.25, 0.3) is 5.91 Å². The maximum atomic E-state index is 12.8. The van der Waals surface area contributed by atoms with E-state index in [1.165, 1.54) is 0 Å². The molecule has 0 heterocycles. The first kappa shape index (κ1) is 17.3. The van der Waals surface area contributed by atoms with E-state index >= 15 is 0 Å². The predicted octanol–water partition coefficient (Wildman–Crippen LogP) is -0.209. The van der Waals surface area contributed by atoms with E-state index in [0.717, 1.165) is 13.0 Å². The third kappa shape index (κ3) is 4.12. The summed E-state index contributed by atoms with van der Waals surface area (Å²) in [4.78, 5) is 11.5. The molecule has 0 saturated heterocycles. The second-order valence-corrected chi connectivity index (χ2v) is 4.45. The van der Waals surface area contributed by atoms with Crippen molar-refractivity contribution in [2.75, 3.05) is 11.9 Å². The minimum absolute atomic E-state index is 0.356. The molecule has 0 aromatic heterocycles. The summed E-state index contributed by atoms with van der Waals surface area (Å²) >= 11 is 0. The van der Waals surface area contributed by atoms with Crippen LogP contribution in [0.25, 0.3) is 0 Å². The SMILES string of the molecule is C[C@](O)(CO)C(=O)Nc1ccc([NH+]([O-])O)c(C(F)(F)F)c1. The van der Waals surface area contributed by atoms with Crippen molar-refractivity contribution in [2.24, 2.45) is 0 Å². The van der Waals surface area contributed by atoms with Gasteiger partial charge in [0.1, 0.15) is 5.56 Å². The number of hydrogen-bond acceptors (Lipinski definition) is 5. The Morgan fingerprint density at radius 1 is 1.43 bits per heavy atom. The summed E-state index contributed by atoms with van der Waals surface area (Å²) in [5.41, 5.74) is -4.93. The molecular formula is C11H13F3N2O5. The van der Waals surface area contributed by atoms with Gasteiger partial charge >= 0.3 is 6.18 Å². The fraction of sp³-hybridized carbons (Fsp3) is 0.364. The number of anilines is 1. The Bertz CT molecular complexity index is 531. The van der Waals surface area contributed by atoms with Crippen molar-refractivity contribution in [1.29, 1.82) is 0 Å². The number of aliphatic hydroxyl groups excluding tert-OH is 1. The minimum atomic E-state index is -4.92. The van der Waals surface area contributed by atoms with Crippen molar-refractivity contribution in [3.05, 3.63) is 29.0 Å². The first-order chi connectivity index (χ1) is 9.49. The Hall–Kier alpha value is -1.72. The lowest BCUT2D eigenvalue weighted by Crippen LogP contribution is -2.99. The molecule has 0 spiro atoms. The molecule has 1 aromatic rings. The largest absolute Gasteiger partial charge is 0.595 e. The topological polar surface area (TPSA) is 117 Å². The molecule has 0 aliphatic heterocycles. The van der Waals surface area contributed by atoms with E-state index < -0.39 is 40.8 Å². The van der Waals surface area contributed by atoms with Crippen molar-refractivity contribution >= 4 is 17.3 Å². The van der Waals surface area contributed by atoms with Gasteiger partial charge in [0.15, 0.2) is 11.3 Å². The number of halogens is 3. The van der Waals surface area contributed by atoms with Gasteiger partial charge in [-0.05, 0) is 19.1 Å². The van der Waals surface area contributed by atoms with Gasteiger partial charge in [-0.2, -0.15) is 18.4 Å². The van der Waals surface area contributed by atoms with E-state index in [-0.39, 0.29) is 5.69 Å². The van der Waals surface area contributed by atoms with Crippen LogP contribution >= 0.6 is 0 Å². The van der Waals surface area contributed by atoms with E-state index in [1.807, 2.05) is 5.32 Å². The highest BCUT2D eigenvalue weighted by atomic mass is 19.4. The molecule has 21 heavy (non-hydrogen) atoms. The molecule has 0 saturated carbocycles. The summed E-state index contributed by atoms with van der Waals surface area (Å²) in [7, 11) is 0. The van der Waals surface area contributed by atoms with Gasteiger partial charge in [-0.3, -0.25) is 4.79 Å². The maximum Gasteiger partial charge on any atom is 0.422 e. The Morgan fingerprint density at radius 3 is 2.43 bits per heavy atom. The fourth-order valence-electron chi connectivity index (χ4n) is 1.38. The van der Waals surface area contributed by atoms with Crippen LogP contribution in [0, 0.1) is 5.21 Å². The van der Waals surface area contributed by atoms with Gasteiger partial charge < -0.3 is 20.7 Å². The zero-order valence-corrected chi connectivity index (χ0v) is 10.7. The number of alkyl halides is 3. The molecule has 1 aromatic carbocycles. The molecule has 0 radical (unpaired) electrons. The first-order valence-electron chi connectivity index (χ1n) is 5.58. The molecule has 0 aliphatic carbocycles. The number of amides is 1. The van der Waals surface area contributed by atoms with Gasteiger partial charge in [0.2, 0.25) is 0 Å². The van der Waals surface area contributed by atoms with Crippen molar-refractivity contribution < 1.29 is 38.6 Å². The number of benzene rings is 1. The summed E-state index contributed by atoms with van der Waals surface area (Å²) < 4.78 is 38.3. The molecule has 7 nitrogen and oxygen atoms in total. The highest BCUT2D eigenvalue weighted by molar-refractivity contribution is 5.97. The quantitative estimate of drug-likeness (QED) is 0.493. The summed E-state index contributed by atoms with van der Waals surface area (Å²) in [6.07, 6.45) is -4.92. The van der Waals surface area contributed by atoms with E-state index in [9.17, 15) is 28.3 Å². The summed E-state index contributed by atoms with van der Waals surface area (Å²) in [6.45, 7) is 0.0385. The van der Waals surface area contributed by atoms with E-state index in [4.69, 9.17) is 10.3 Å². The van der Waals surface area contributed by atoms with Gasteiger partial charge in [0, 0.05) is 11.8 Å². The van der Waals surface area contributed by atoms with Crippen LogP contribution < -0.4 is 10.5 Å². The smallest absolute Gasteiger partial charge is 0.422 e. The number of aliphatic hydroxyl groups is 2. The monoisotopic (exact) mass is 310 g/mol. The lowest BCUT2D eigenvalue weighted by atomic mass is 10.1. The highest BCUT2D eigenvalue weighted by Crippen LogP contribution is 2.35. The number of carbonyl (C=O) groups excluding carboxylic acids is 1. The van der Waals surface area contributed by atoms with E-state index in [2.05, 4.69) is 0 Å². The molecule has 0 aliphatic rings. The Kier molecular flexibility index (Phi) is 4.91. The fourth-order valence-corrected chi connectivity index (χ4v) is 1.38. The van der Waals surface area contributed by atoms with Gasteiger partial charge in [0.05, 0.1) is 6.61 Å². The number of nitrogens with one attached hydrogen (secondary N) is 2. The average molecular weight is 310 g/mol. The maximum absolute atomic E-state index is 12.8. The standard InChI is InChI=1S/C11H13F3N2O5/c1-10(19,5-17)9(18)15-6-2-3-8(16(20)21)7(4-6)11(12,13)14/h2-4,16-17,19-20H,5H2,1H3,(H,15,18)/t10-/m0/s1. The number of hydrogen-bond donors (Lipinski definition) is 5. The normalized spacial score (nSPS) is 16.2. The van der Waals surface area contributed by atoms with Crippen molar-refractivity contribution in [2.45, 2.75) is 18.7 Å². The molecule has 1 amide bonds. The van der Waals surface area contributed by atoms with Crippen molar-refractivity contribution in [1.82, 2.24) is 0 Å². The molecule has 0 bridgehead atoms. The Morgan fingerprint density at radius 2 is 2.00 bits per heavy atom. The zero-order valence-electron chi connectivity index (χ0n) is 10.7. The number of quaternary nitrogens is 1. The molecule has 5 N–H and O–H groups in total. The van der Waals surface area contributed by atoms with Crippen molar-refractivity contribution in [3.63, 3.8) is 0 Å². The zero-order chi connectivity index (χ0) is 16.4. The van der Waals surface area contributed by atoms with Crippen LogP contribution in [0.5, 0.6) is 0 Å². The molecule has 1 unspecified atom stereocenters. The molecule has 0 fully saturated rings. The lowest BCUT2D eigenvalue weighted by Gasteiger charge is -2.21. The van der Waals surface area contributed by atoms with Crippen molar-refractivity contribution in [3.8, 4) is 0 Å². The van der Waals surface area contributed by atoms with Crippen LogP contribution in [0.2, 0.25) is 0 Å². The number of rotatable bonds is 4.